The van der Waals surface area contributed by atoms with Gasteiger partial charge in [-0.3, -0.25) is 4.79 Å². The maximum absolute atomic E-state index is 13.3. The number of carboxylic acid groups (broad SMARTS) is 1. The average molecular weight is 306 g/mol. The Kier molecular flexibility index (Phi) is 4.11. The van der Waals surface area contributed by atoms with Crippen LogP contribution in [0.25, 0.3) is 0 Å². The lowest BCUT2D eigenvalue weighted by Gasteiger charge is -2.34. The first kappa shape index (κ1) is 15.0. The van der Waals surface area contributed by atoms with Crippen LogP contribution >= 0.6 is 0 Å². The molecule has 2 aliphatic heterocycles. The molecule has 6 heteroatoms. The van der Waals surface area contributed by atoms with Gasteiger partial charge < -0.3 is 15.3 Å². The first-order valence-corrected chi connectivity index (χ1v) is 7.52. The van der Waals surface area contributed by atoms with Crippen molar-refractivity contribution in [2.24, 2.45) is 10.6 Å². The van der Waals surface area contributed by atoms with Gasteiger partial charge in [0, 0.05) is 24.9 Å². The number of rotatable bonds is 4. The number of oxime groups is 1. The van der Waals surface area contributed by atoms with E-state index in [9.17, 15) is 14.3 Å². The van der Waals surface area contributed by atoms with Crippen LogP contribution in [-0.4, -0.2) is 36.0 Å². The van der Waals surface area contributed by atoms with E-state index in [1.165, 1.54) is 12.1 Å². The molecule has 2 N–H and O–H groups in total. The number of hydrogen-bond acceptors (Lipinski definition) is 4. The molecule has 2 aliphatic rings. The summed E-state index contributed by atoms with van der Waals surface area (Å²) in [5.41, 5.74) is 0.568. The van der Waals surface area contributed by atoms with Crippen LogP contribution in [0.5, 0.6) is 0 Å². The molecular formula is C16H19FN2O3. The molecule has 1 aromatic rings. The van der Waals surface area contributed by atoms with Crippen molar-refractivity contribution in [3.05, 3.63) is 35.6 Å². The number of carboxylic acids is 1. The van der Waals surface area contributed by atoms with Crippen LogP contribution in [0.2, 0.25) is 0 Å². The van der Waals surface area contributed by atoms with Gasteiger partial charge in [-0.2, -0.15) is 0 Å². The number of carbonyl (C=O) groups is 1. The zero-order valence-electron chi connectivity index (χ0n) is 12.2. The predicted molar refractivity (Wildman–Crippen MR) is 79.2 cm³/mol. The summed E-state index contributed by atoms with van der Waals surface area (Å²) in [7, 11) is 0. The standard InChI is InChI=1S/C16H19FN2O3/c17-12-4-1-3-11(7-12)14-8-13(22-19-14)9-16(15(20)21)5-2-6-18-10-16/h1,3-4,7,13,18H,2,5-6,8-10H2,(H,20,21)/t13-,16-/m1/s1. The van der Waals surface area contributed by atoms with Crippen LogP contribution < -0.4 is 5.32 Å². The van der Waals surface area contributed by atoms with Gasteiger partial charge >= 0.3 is 5.97 Å². The zero-order valence-corrected chi connectivity index (χ0v) is 12.2. The highest BCUT2D eigenvalue weighted by atomic mass is 19.1. The Morgan fingerprint density at radius 2 is 2.41 bits per heavy atom. The second-order valence-electron chi connectivity index (χ2n) is 6.05. The summed E-state index contributed by atoms with van der Waals surface area (Å²) >= 11 is 0. The number of nitrogens with zero attached hydrogens (tertiary/aromatic N) is 1. The van der Waals surface area contributed by atoms with Gasteiger partial charge in [0.25, 0.3) is 0 Å². The molecule has 2 heterocycles. The molecule has 22 heavy (non-hydrogen) atoms. The van der Waals surface area contributed by atoms with Crippen LogP contribution in [0, 0.1) is 11.2 Å². The Bertz CT molecular complexity index is 597. The fraction of sp³-hybridized carbons (Fsp3) is 0.500. The molecule has 1 aromatic carbocycles. The summed E-state index contributed by atoms with van der Waals surface area (Å²) in [6.45, 7) is 1.31. The Morgan fingerprint density at radius 1 is 1.55 bits per heavy atom. The molecule has 118 valence electrons. The summed E-state index contributed by atoms with van der Waals surface area (Å²) < 4.78 is 13.3. The van der Waals surface area contributed by atoms with Crippen molar-refractivity contribution < 1.29 is 19.1 Å². The topological polar surface area (TPSA) is 70.9 Å². The fourth-order valence-corrected chi connectivity index (χ4v) is 3.22. The maximum Gasteiger partial charge on any atom is 0.311 e. The smallest absolute Gasteiger partial charge is 0.311 e. The summed E-state index contributed by atoms with van der Waals surface area (Å²) in [6.07, 6.45) is 2.14. The van der Waals surface area contributed by atoms with Gasteiger partial charge in [0.2, 0.25) is 0 Å². The molecule has 0 radical (unpaired) electrons. The molecule has 2 atom stereocenters. The number of piperidine rings is 1. The van der Waals surface area contributed by atoms with Crippen molar-refractivity contribution in [2.75, 3.05) is 13.1 Å². The lowest BCUT2D eigenvalue weighted by molar-refractivity contribution is -0.152. The van der Waals surface area contributed by atoms with Crippen molar-refractivity contribution in [1.82, 2.24) is 5.32 Å². The van der Waals surface area contributed by atoms with Crippen molar-refractivity contribution in [3.63, 3.8) is 0 Å². The highest BCUT2D eigenvalue weighted by Crippen LogP contribution is 2.35. The third-order valence-electron chi connectivity index (χ3n) is 4.44. The summed E-state index contributed by atoms with van der Waals surface area (Å²) in [4.78, 5) is 17.1. The van der Waals surface area contributed by atoms with E-state index < -0.39 is 11.4 Å². The summed E-state index contributed by atoms with van der Waals surface area (Å²) in [6, 6.07) is 6.21. The molecule has 0 unspecified atom stereocenters. The van der Waals surface area contributed by atoms with E-state index in [0.29, 0.717) is 37.1 Å². The molecule has 0 spiro atoms. The van der Waals surface area contributed by atoms with Gasteiger partial charge in [0.15, 0.2) is 0 Å². The van der Waals surface area contributed by atoms with Gasteiger partial charge in [0.1, 0.15) is 11.9 Å². The molecule has 0 aliphatic carbocycles. The van der Waals surface area contributed by atoms with E-state index in [4.69, 9.17) is 4.84 Å². The molecule has 1 fully saturated rings. The van der Waals surface area contributed by atoms with E-state index in [1.807, 2.05) is 0 Å². The largest absolute Gasteiger partial charge is 0.481 e. The highest BCUT2D eigenvalue weighted by Gasteiger charge is 2.43. The van der Waals surface area contributed by atoms with Gasteiger partial charge in [-0.1, -0.05) is 17.3 Å². The van der Waals surface area contributed by atoms with Crippen LogP contribution in [-0.2, 0) is 9.63 Å². The van der Waals surface area contributed by atoms with Crippen LogP contribution in [0.15, 0.2) is 29.4 Å². The number of halogens is 1. The van der Waals surface area contributed by atoms with Gasteiger partial charge in [-0.25, -0.2) is 4.39 Å². The van der Waals surface area contributed by atoms with Gasteiger partial charge in [-0.15, -0.1) is 0 Å². The van der Waals surface area contributed by atoms with Crippen molar-refractivity contribution in [2.45, 2.75) is 31.8 Å². The molecule has 0 saturated carbocycles. The second kappa shape index (κ2) is 6.04. The van der Waals surface area contributed by atoms with E-state index in [1.54, 1.807) is 12.1 Å². The summed E-state index contributed by atoms with van der Waals surface area (Å²) in [5, 5.41) is 16.8. The molecule has 0 bridgehead atoms. The first-order valence-electron chi connectivity index (χ1n) is 7.52. The average Bonchev–Trinajstić information content (AvgIpc) is 2.96. The SMILES string of the molecule is O=C(O)[C@@]1(C[C@H]2CC(c3cccc(F)c3)=NO2)CCCNC1. The zero-order chi connectivity index (χ0) is 15.6. The Hall–Kier alpha value is -1.95. The van der Waals surface area contributed by atoms with E-state index in [2.05, 4.69) is 10.5 Å². The minimum atomic E-state index is -0.796. The number of aliphatic carboxylic acids is 1. The molecule has 5 nitrogen and oxygen atoms in total. The van der Waals surface area contributed by atoms with Gasteiger partial charge in [-0.05, 0) is 31.5 Å². The number of benzene rings is 1. The minimum Gasteiger partial charge on any atom is -0.481 e. The van der Waals surface area contributed by atoms with Crippen molar-refractivity contribution >= 4 is 11.7 Å². The van der Waals surface area contributed by atoms with Crippen LogP contribution in [0.3, 0.4) is 0 Å². The second-order valence-corrected chi connectivity index (χ2v) is 6.05. The third-order valence-corrected chi connectivity index (χ3v) is 4.44. The lowest BCUT2D eigenvalue weighted by atomic mass is 9.75. The first-order chi connectivity index (χ1) is 10.6. The van der Waals surface area contributed by atoms with E-state index in [0.717, 1.165) is 13.0 Å². The number of nitrogens with one attached hydrogen (secondary N) is 1. The molecule has 0 aromatic heterocycles. The van der Waals surface area contributed by atoms with Crippen LogP contribution in [0.4, 0.5) is 4.39 Å². The lowest BCUT2D eigenvalue weighted by Crippen LogP contribution is -2.47. The quantitative estimate of drug-likeness (QED) is 0.894. The third kappa shape index (κ3) is 2.97. The highest BCUT2D eigenvalue weighted by molar-refractivity contribution is 6.01. The Morgan fingerprint density at radius 3 is 3.09 bits per heavy atom. The predicted octanol–water partition coefficient (Wildman–Crippen LogP) is 2.16. The van der Waals surface area contributed by atoms with E-state index >= 15 is 0 Å². The van der Waals surface area contributed by atoms with Crippen molar-refractivity contribution in [1.29, 1.82) is 0 Å². The Balaban J connectivity index is 1.67. The van der Waals surface area contributed by atoms with Crippen molar-refractivity contribution in [3.8, 4) is 0 Å². The van der Waals surface area contributed by atoms with Crippen LogP contribution in [0.1, 0.15) is 31.2 Å². The molecule has 3 rings (SSSR count). The normalized spacial score (nSPS) is 28.0. The summed E-state index contributed by atoms with van der Waals surface area (Å²) in [5.74, 6) is -1.11. The van der Waals surface area contributed by atoms with E-state index in [-0.39, 0.29) is 11.9 Å². The Labute approximate surface area is 128 Å². The minimum absolute atomic E-state index is 0.269. The van der Waals surface area contributed by atoms with Gasteiger partial charge in [0.05, 0.1) is 11.1 Å². The number of hydrogen-bond donors (Lipinski definition) is 2. The molecular weight excluding hydrogens is 287 g/mol. The monoisotopic (exact) mass is 306 g/mol. The molecule has 1 saturated heterocycles. The maximum atomic E-state index is 13.3. The molecule has 0 amide bonds. The fourth-order valence-electron chi connectivity index (χ4n) is 3.22.